The minimum absolute atomic E-state index is 0.0215. The Labute approximate surface area is 197 Å². The Bertz CT molecular complexity index is 1250. The van der Waals surface area contributed by atoms with E-state index in [9.17, 15) is 13.2 Å². The molecule has 0 fully saturated rings. The van der Waals surface area contributed by atoms with Gasteiger partial charge in [0.25, 0.3) is 10.0 Å². The Kier molecular flexibility index (Phi) is 7.33. The maximum atomic E-state index is 13.5. The largest absolute Gasteiger partial charge is 0.495 e. The van der Waals surface area contributed by atoms with Gasteiger partial charge in [-0.1, -0.05) is 29.3 Å². The molecular weight excluding hydrogens is 471 g/mol. The Morgan fingerprint density at radius 2 is 1.59 bits per heavy atom. The van der Waals surface area contributed by atoms with Crippen LogP contribution >= 0.6 is 23.2 Å². The Morgan fingerprint density at radius 1 is 0.938 bits per heavy atom. The molecule has 0 saturated heterocycles. The van der Waals surface area contributed by atoms with E-state index in [1.54, 1.807) is 24.3 Å². The van der Waals surface area contributed by atoms with E-state index >= 15 is 0 Å². The number of ether oxygens (including phenoxy) is 1. The number of carbonyl (C=O) groups excluding carboxylic acids is 1. The van der Waals surface area contributed by atoms with Crippen LogP contribution in [0, 0.1) is 13.8 Å². The van der Waals surface area contributed by atoms with Crippen LogP contribution in [-0.2, 0) is 14.8 Å². The van der Waals surface area contributed by atoms with E-state index in [-0.39, 0.29) is 4.90 Å². The third kappa shape index (κ3) is 5.35. The standard InChI is InChI=1S/C23H22Cl2N2O4S/c1-15-4-8-19(12-16(15)2)27(32(29,30)20-9-5-17(24)6-10-20)14-23(28)26-21-13-18(25)7-11-22(21)31-3/h4-13H,14H2,1-3H3,(H,26,28). The highest BCUT2D eigenvalue weighted by atomic mass is 35.5. The molecule has 0 saturated carbocycles. The lowest BCUT2D eigenvalue weighted by Gasteiger charge is -2.25. The van der Waals surface area contributed by atoms with Crippen LogP contribution in [-0.4, -0.2) is 28.0 Å². The molecule has 1 amide bonds. The minimum atomic E-state index is -4.06. The van der Waals surface area contributed by atoms with Gasteiger partial charge in [-0.2, -0.15) is 0 Å². The van der Waals surface area contributed by atoms with Gasteiger partial charge in [-0.15, -0.1) is 0 Å². The number of hydrogen-bond acceptors (Lipinski definition) is 4. The summed E-state index contributed by atoms with van der Waals surface area (Å²) in [6.45, 7) is 3.35. The second-order valence-corrected chi connectivity index (χ2v) is 9.86. The van der Waals surface area contributed by atoms with Gasteiger partial charge in [-0.25, -0.2) is 8.42 Å². The Morgan fingerprint density at radius 3 is 2.22 bits per heavy atom. The number of methoxy groups -OCH3 is 1. The summed E-state index contributed by atoms with van der Waals surface area (Å²) in [5, 5.41) is 3.50. The van der Waals surface area contributed by atoms with E-state index < -0.39 is 22.5 Å². The highest BCUT2D eigenvalue weighted by Gasteiger charge is 2.28. The molecule has 3 aromatic rings. The summed E-state index contributed by atoms with van der Waals surface area (Å²) in [6.07, 6.45) is 0. The lowest BCUT2D eigenvalue weighted by Crippen LogP contribution is -2.38. The normalized spacial score (nSPS) is 11.2. The first kappa shape index (κ1) is 23.9. The Balaban J connectivity index is 1.99. The van der Waals surface area contributed by atoms with Crippen molar-refractivity contribution in [3.63, 3.8) is 0 Å². The van der Waals surface area contributed by atoms with E-state index in [1.807, 2.05) is 19.9 Å². The number of amides is 1. The number of nitrogens with one attached hydrogen (secondary N) is 1. The van der Waals surface area contributed by atoms with Crippen molar-refractivity contribution >= 4 is 50.5 Å². The number of benzene rings is 3. The second-order valence-electron chi connectivity index (χ2n) is 7.13. The van der Waals surface area contributed by atoms with Gasteiger partial charge in [0.05, 0.1) is 23.4 Å². The first-order valence-corrected chi connectivity index (χ1v) is 11.8. The van der Waals surface area contributed by atoms with Crippen molar-refractivity contribution in [2.75, 3.05) is 23.3 Å². The number of sulfonamides is 1. The van der Waals surface area contributed by atoms with Crippen molar-refractivity contribution in [2.24, 2.45) is 0 Å². The molecule has 0 aliphatic heterocycles. The lowest BCUT2D eigenvalue weighted by atomic mass is 10.1. The molecule has 32 heavy (non-hydrogen) atoms. The third-order valence-electron chi connectivity index (χ3n) is 4.90. The smallest absolute Gasteiger partial charge is 0.264 e. The van der Waals surface area contributed by atoms with Crippen LogP contribution in [0.15, 0.2) is 65.6 Å². The molecule has 0 spiro atoms. The molecule has 0 unspecified atom stereocenters. The van der Waals surface area contributed by atoms with Gasteiger partial charge in [-0.05, 0) is 79.6 Å². The zero-order valence-electron chi connectivity index (χ0n) is 17.7. The molecule has 3 aromatic carbocycles. The van der Waals surface area contributed by atoms with Gasteiger partial charge in [0.15, 0.2) is 0 Å². The van der Waals surface area contributed by atoms with Crippen molar-refractivity contribution in [3.05, 3.63) is 81.8 Å². The summed E-state index contributed by atoms with van der Waals surface area (Å²) in [4.78, 5) is 12.9. The fourth-order valence-electron chi connectivity index (χ4n) is 3.03. The number of hydrogen-bond donors (Lipinski definition) is 1. The predicted octanol–water partition coefficient (Wildman–Crippen LogP) is 5.45. The number of aryl methyl sites for hydroxylation is 2. The van der Waals surface area contributed by atoms with Crippen LogP contribution in [0.4, 0.5) is 11.4 Å². The minimum Gasteiger partial charge on any atom is -0.495 e. The molecule has 0 aromatic heterocycles. The summed E-state index contributed by atoms with van der Waals surface area (Å²) in [6, 6.07) is 15.8. The van der Waals surface area contributed by atoms with Crippen LogP contribution in [0.1, 0.15) is 11.1 Å². The van der Waals surface area contributed by atoms with Crippen LogP contribution in [0.3, 0.4) is 0 Å². The van der Waals surface area contributed by atoms with E-state index in [0.29, 0.717) is 27.2 Å². The lowest BCUT2D eigenvalue weighted by molar-refractivity contribution is -0.114. The predicted molar refractivity (Wildman–Crippen MR) is 129 cm³/mol. The number of rotatable bonds is 7. The maximum absolute atomic E-state index is 13.5. The monoisotopic (exact) mass is 492 g/mol. The molecule has 9 heteroatoms. The van der Waals surface area contributed by atoms with E-state index in [4.69, 9.17) is 27.9 Å². The van der Waals surface area contributed by atoms with E-state index in [2.05, 4.69) is 5.32 Å². The number of halogens is 2. The summed E-state index contributed by atoms with van der Waals surface area (Å²) in [5.74, 6) is -0.151. The third-order valence-corrected chi connectivity index (χ3v) is 7.18. The fourth-order valence-corrected chi connectivity index (χ4v) is 4.74. The molecule has 0 bridgehead atoms. The van der Waals surface area contributed by atoms with Gasteiger partial charge < -0.3 is 10.1 Å². The van der Waals surface area contributed by atoms with Crippen molar-refractivity contribution in [1.29, 1.82) is 0 Å². The van der Waals surface area contributed by atoms with Crippen molar-refractivity contribution in [1.82, 2.24) is 0 Å². The molecule has 3 rings (SSSR count). The van der Waals surface area contributed by atoms with E-state index in [1.165, 1.54) is 37.4 Å². The molecular formula is C23H22Cl2N2O4S. The zero-order chi connectivity index (χ0) is 23.5. The summed E-state index contributed by atoms with van der Waals surface area (Å²) < 4.78 is 33.2. The number of carbonyl (C=O) groups is 1. The van der Waals surface area contributed by atoms with Crippen LogP contribution < -0.4 is 14.4 Å². The van der Waals surface area contributed by atoms with Gasteiger partial charge in [0, 0.05) is 10.0 Å². The highest BCUT2D eigenvalue weighted by Crippen LogP contribution is 2.29. The molecule has 0 radical (unpaired) electrons. The van der Waals surface area contributed by atoms with Crippen LogP contribution in [0.5, 0.6) is 5.75 Å². The number of nitrogens with zero attached hydrogens (tertiary/aromatic N) is 1. The van der Waals surface area contributed by atoms with Gasteiger partial charge in [0.1, 0.15) is 12.3 Å². The molecule has 0 aliphatic rings. The molecule has 1 N–H and O–H groups in total. The van der Waals surface area contributed by atoms with Gasteiger partial charge in [0.2, 0.25) is 5.91 Å². The first-order chi connectivity index (χ1) is 15.1. The Hall–Kier alpha value is -2.74. The summed E-state index contributed by atoms with van der Waals surface area (Å²) in [7, 11) is -2.59. The molecule has 0 aliphatic carbocycles. The summed E-state index contributed by atoms with van der Waals surface area (Å²) >= 11 is 11.9. The molecule has 168 valence electrons. The van der Waals surface area contributed by atoms with Crippen molar-refractivity contribution in [3.8, 4) is 5.75 Å². The van der Waals surface area contributed by atoms with Gasteiger partial charge >= 0.3 is 0 Å². The average Bonchev–Trinajstić information content (AvgIpc) is 2.74. The highest BCUT2D eigenvalue weighted by molar-refractivity contribution is 7.92. The number of anilines is 2. The topological polar surface area (TPSA) is 75.7 Å². The quantitative estimate of drug-likeness (QED) is 0.475. The average molecular weight is 493 g/mol. The molecule has 0 atom stereocenters. The van der Waals surface area contributed by atoms with E-state index in [0.717, 1.165) is 15.4 Å². The van der Waals surface area contributed by atoms with Crippen LogP contribution in [0.25, 0.3) is 0 Å². The van der Waals surface area contributed by atoms with Crippen LogP contribution in [0.2, 0.25) is 10.0 Å². The zero-order valence-corrected chi connectivity index (χ0v) is 20.1. The maximum Gasteiger partial charge on any atom is 0.264 e. The summed E-state index contributed by atoms with van der Waals surface area (Å²) in [5.41, 5.74) is 2.62. The second kappa shape index (κ2) is 9.81. The van der Waals surface area contributed by atoms with Crippen molar-refractivity contribution < 1.29 is 17.9 Å². The SMILES string of the molecule is COc1ccc(Cl)cc1NC(=O)CN(c1ccc(C)c(C)c1)S(=O)(=O)c1ccc(Cl)cc1. The molecule has 0 heterocycles. The fraction of sp³-hybridized carbons (Fsp3) is 0.174. The van der Waals surface area contributed by atoms with Gasteiger partial charge in [-0.3, -0.25) is 9.10 Å². The first-order valence-electron chi connectivity index (χ1n) is 9.61. The van der Waals surface area contributed by atoms with Crippen molar-refractivity contribution in [2.45, 2.75) is 18.7 Å². The molecule has 6 nitrogen and oxygen atoms in total.